The Hall–Kier alpha value is -1.32. The van der Waals surface area contributed by atoms with Crippen LogP contribution in [0.1, 0.15) is 26.2 Å². The molecule has 2 atom stereocenters. The van der Waals surface area contributed by atoms with E-state index in [2.05, 4.69) is 13.5 Å². The fourth-order valence-electron chi connectivity index (χ4n) is 2.30. The van der Waals surface area contributed by atoms with Gasteiger partial charge in [-0.2, -0.15) is 0 Å². The van der Waals surface area contributed by atoms with Crippen molar-refractivity contribution in [2.45, 2.75) is 26.2 Å². The topological polar surface area (TPSA) is 57.6 Å². The van der Waals surface area contributed by atoms with Crippen molar-refractivity contribution in [3.05, 3.63) is 12.7 Å². The maximum Gasteiger partial charge on any atom is 0.323 e. The van der Waals surface area contributed by atoms with Crippen LogP contribution >= 0.6 is 0 Å². The van der Waals surface area contributed by atoms with Gasteiger partial charge in [0.05, 0.1) is 0 Å². The molecular formula is C12H19NO3. The first kappa shape index (κ1) is 12.7. The van der Waals surface area contributed by atoms with Gasteiger partial charge in [-0.15, -0.1) is 6.58 Å². The summed E-state index contributed by atoms with van der Waals surface area (Å²) in [6, 6.07) is 0. The number of carboxylic acids is 1. The van der Waals surface area contributed by atoms with E-state index in [0.29, 0.717) is 12.5 Å². The highest BCUT2D eigenvalue weighted by Gasteiger charge is 2.32. The molecule has 1 rings (SSSR count). The fourth-order valence-corrected chi connectivity index (χ4v) is 2.30. The van der Waals surface area contributed by atoms with E-state index in [4.69, 9.17) is 5.11 Å². The zero-order chi connectivity index (χ0) is 12.1. The molecule has 0 aromatic rings. The molecule has 0 heterocycles. The summed E-state index contributed by atoms with van der Waals surface area (Å²) < 4.78 is 0. The molecule has 1 fully saturated rings. The van der Waals surface area contributed by atoms with Crippen molar-refractivity contribution in [1.82, 2.24) is 4.90 Å². The third-order valence-corrected chi connectivity index (χ3v) is 3.17. The van der Waals surface area contributed by atoms with Crippen LogP contribution in [0.5, 0.6) is 0 Å². The van der Waals surface area contributed by atoms with E-state index in [1.807, 2.05) is 0 Å². The highest BCUT2D eigenvalue weighted by Crippen LogP contribution is 2.32. The quantitative estimate of drug-likeness (QED) is 0.722. The van der Waals surface area contributed by atoms with E-state index in [-0.39, 0.29) is 18.4 Å². The molecular weight excluding hydrogens is 206 g/mol. The van der Waals surface area contributed by atoms with Crippen LogP contribution < -0.4 is 0 Å². The molecule has 2 unspecified atom stereocenters. The van der Waals surface area contributed by atoms with Gasteiger partial charge in [-0.1, -0.05) is 19.4 Å². The van der Waals surface area contributed by atoms with E-state index < -0.39 is 5.97 Å². The fraction of sp³-hybridized carbons (Fsp3) is 0.667. The van der Waals surface area contributed by atoms with Gasteiger partial charge < -0.3 is 10.0 Å². The minimum absolute atomic E-state index is 0.000648. The van der Waals surface area contributed by atoms with Gasteiger partial charge in [0.1, 0.15) is 6.54 Å². The van der Waals surface area contributed by atoms with E-state index in [0.717, 1.165) is 19.3 Å². The van der Waals surface area contributed by atoms with Gasteiger partial charge in [0.2, 0.25) is 5.91 Å². The lowest BCUT2D eigenvalue weighted by molar-refractivity contribution is -0.146. The van der Waals surface area contributed by atoms with Crippen LogP contribution in [-0.2, 0) is 9.59 Å². The van der Waals surface area contributed by atoms with Crippen LogP contribution in [0, 0.1) is 11.8 Å². The first-order chi connectivity index (χ1) is 7.56. The average Bonchev–Trinajstić information content (AvgIpc) is 2.62. The summed E-state index contributed by atoms with van der Waals surface area (Å²) in [5.74, 6) is -0.638. The molecule has 0 aromatic heterocycles. The Bertz CT molecular complexity index is 288. The number of hydrogen-bond acceptors (Lipinski definition) is 2. The lowest BCUT2D eigenvalue weighted by Crippen LogP contribution is -2.40. The molecule has 0 aromatic carbocycles. The van der Waals surface area contributed by atoms with E-state index in [9.17, 15) is 9.59 Å². The van der Waals surface area contributed by atoms with Gasteiger partial charge in [-0.25, -0.2) is 0 Å². The average molecular weight is 225 g/mol. The second kappa shape index (κ2) is 5.68. The summed E-state index contributed by atoms with van der Waals surface area (Å²) in [5, 5.41) is 8.74. The molecule has 16 heavy (non-hydrogen) atoms. The van der Waals surface area contributed by atoms with Crippen molar-refractivity contribution in [1.29, 1.82) is 0 Å². The van der Waals surface area contributed by atoms with Crippen LogP contribution in [0.25, 0.3) is 0 Å². The molecule has 0 saturated heterocycles. The van der Waals surface area contributed by atoms with E-state index in [1.54, 1.807) is 6.08 Å². The van der Waals surface area contributed by atoms with Crippen molar-refractivity contribution in [2.24, 2.45) is 11.8 Å². The van der Waals surface area contributed by atoms with E-state index >= 15 is 0 Å². The number of carbonyl (C=O) groups is 2. The maximum absolute atomic E-state index is 12.1. The Kier molecular flexibility index (Phi) is 4.52. The van der Waals surface area contributed by atoms with Gasteiger partial charge in [-0.05, 0) is 18.8 Å². The minimum atomic E-state index is -0.971. The Balaban J connectivity index is 2.65. The van der Waals surface area contributed by atoms with Gasteiger partial charge in [0.25, 0.3) is 0 Å². The molecule has 0 bridgehead atoms. The zero-order valence-corrected chi connectivity index (χ0v) is 9.69. The number of hydrogen-bond donors (Lipinski definition) is 1. The van der Waals surface area contributed by atoms with Crippen molar-refractivity contribution in [3.8, 4) is 0 Å². The summed E-state index contributed by atoms with van der Waals surface area (Å²) in [6.07, 6.45) is 4.58. The molecule has 0 radical (unpaired) electrons. The third kappa shape index (κ3) is 3.08. The number of aliphatic carboxylic acids is 1. The third-order valence-electron chi connectivity index (χ3n) is 3.17. The van der Waals surface area contributed by atoms with Crippen LogP contribution in [0.4, 0.5) is 0 Å². The number of carboxylic acid groups (broad SMARTS) is 1. The molecule has 0 spiro atoms. The minimum Gasteiger partial charge on any atom is -0.480 e. The second-order valence-corrected chi connectivity index (χ2v) is 4.42. The molecule has 1 amide bonds. The maximum atomic E-state index is 12.1. The van der Waals surface area contributed by atoms with Gasteiger partial charge in [0, 0.05) is 12.5 Å². The normalized spacial score (nSPS) is 24.1. The van der Waals surface area contributed by atoms with Crippen molar-refractivity contribution < 1.29 is 14.7 Å². The number of amides is 1. The zero-order valence-electron chi connectivity index (χ0n) is 9.69. The number of nitrogens with zero attached hydrogens (tertiary/aromatic N) is 1. The molecule has 1 saturated carbocycles. The SMILES string of the molecule is C=CCN(CC(=O)O)C(=O)C1CCCC1C. The molecule has 90 valence electrons. The predicted molar refractivity (Wildman–Crippen MR) is 60.9 cm³/mol. The lowest BCUT2D eigenvalue weighted by Gasteiger charge is -2.24. The molecule has 4 nitrogen and oxygen atoms in total. The van der Waals surface area contributed by atoms with Gasteiger partial charge in [-0.3, -0.25) is 9.59 Å². The second-order valence-electron chi connectivity index (χ2n) is 4.42. The highest BCUT2D eigenvalue weighted by atomic mass is 16.4. The first-order valence-electron chi connectivity index (χ1n) is 5.67. The van der Waals surface area contributed by atoms with Crippen molar-refractivity contribution in [2.75, 3.05) is 13.1 Å². The van der Waals surface area contributed by atoms with Crippen LogP contribution in [-0.4, -0.2) is 35.0 Å². The molecule has 1 aliphatic carbocycles. The van der Waals surface area contributed by atoms with Crippen LogP contribution in [0.15, 0.2) is 12.7 Å². The summed E-state index contributed by atoms with van der Waals surface area (Å²) in [6.45, 7) is 5.69. The Labute approximate surface area is 95.9 Å². The Morgan fingerprint density at radius 3 is 2.62 bits per heavy atom. The number of rotatable bonds is 5. The van der Waals surface area contributed by atoms with Gasteiger partial charge in [0.15, 0.2) is 0 Å². The molecule has 1 N–H and O–H groups in total. The molecule has 1 aliphatic rings. The predicted octanol–water partition coefficient (Wildman–Crippen LogP) is 1.52. The van der Waals surface area contributed by atoms with Gasteiger partial charge >= 0.3 is 5.97 Å². The number of carbonyl (C=O) groups excluding carboxylic acids is 1. The van der Waals surface area contributed by atoms with Crippen LogP contribution in [0.3, 0.4) is 0 Å². The Morgan fingerprint density at radius 1 is 1.50 bits per heavy atom. The summed E-state index contributed by atoms with van der Waals surface area (Å²) in [7, 11) is 0. The molecule has 4 heteroatoms. The lowest BCUT2D eigenvalue weighted by atomic mass is 9.96. The summed E-state index contributed by atoms with van der Waals surface area (Å²) in [5.41, 5.74) is 0. The van der Waals surface area contributed by atoms with E-state index in [1.165, 1.54) is 4.90 Å². The highest BCUT2D eigenvalue weighted by molar-refractivity contribution is 5.83. The largest absolute Gasteiger partial charge is 0.480 e. The summed E-state index contributed by atoms with van der Waals surface area (Å²) >= 11 is 0. The van der Waals surface area contributed by atoms with Crippen molar-refractivity contribution >= 4 is 11.9 Å². The van der Waals surface area contributed by atoms with Crippen LogP contribution in [0.2, 0.25) is 0 Å². The smallest absolute Gasteiger partial charge is 0.323 e. The first-order valence-corrected chi connectivity index (χ1v) is 5.67. The monoisotopic (exact) mass is 225 g/mol. The van der Waals surface area contributed by atoms with Crippen molar-refractivity contribution in [3.63, 3.8) is 0 Å². The standard InChI is InChI=1S/C12H19NO3/c1-3-7-13(8-11(14)15)12(16)10-6-4-5-9(10)2/h3,9-10H,1,4-8H2,2H3,(H,14,15). The Morgan fingerprint density at radius 2 is 2.19 bits per heavy atom. The summed E-state index contributed by atoms with van der Waals surface area (Å²) in [4.78, 5) is 24.1. The molecule has 0 aliphatic heterocycles.